The number of piperidine rings is 1. The quantitative estimate of drug-likeness (QED) is 0.891. The number of benzene rings is 1. The highest BCUT2D eigenvalue weighted by molar-refractivity contribution is 5.44. The summed E-state index contributed by atoms with van der Waals surface area (Å²) < 4.78 is 11.6. The second-order valence-corrected chi connectivity index (χ2v) is 6.95. The maximum absolute atomic E-state index is 5.81. The normalized spacial score (nSPS) is 19.0. The Bertz CT molecular complexity index is 722. The van der Waals surface area contributed by atoms with Crippen molar-refractivity contribution in [3.05, 3.63) is 47.7 Å². The molecule has 2 aliphatic rings. The molecule has 6 nitrogen and oxygen atoms in total. The molecule has 0 bridgehead atoms. The van der Waals surface area contributed by atoms with Crippen molar-refractivity contribution in [2.75, 3.05) is 43.1 Å². The standard InChI is InChI=1S/C20H26N4O2/c1-16-15-18(21-10-7-17-5-3-2-4-6-17)23-19(22-16)24-11-8-20(9-12-24)25-13-14-26-20/h2-6,15H,7-14H2,1H3,(H,21,22,23). The molecule has 2 fully saturated rings. The number of aryl methyl sites for hydroxylation is 1. The van der Waals surface area contributed by atoms with Crippen LogP contribution in [0, 0.1) is 6.92 Å². The van der Waals surface area contributed by atoms with Gasteiger partial charge in [0.05, 0.1) is 13.2 Å². The lowest BCUT2D eigenvalue weighted by Crippen LogP contribution is -2.45. The molecule has 1 spiro atoms. The smallest absolute Gasteiger partial charge is 0.227 e. The predicted molar refractivity (Wildman–Crippen MR) is 101 cm³/mol. The second-order valence-electron chi connectivity index (χ2n) is 6.95. The molecule has 2 aliphatic heterocycles. The van der Waals surface area contributed by atoms with E-state index < -0.39 is 0 Å². The zero-order chi connectivity index (χ0) is 17.8. The Hall–Kier alpha value is -2.18. The van der Waals surface area contributed by atoms with Gasteiger partial charge in [-0.1, -0.05) is 30.3 Å². The molecular formula is C20H26N4O2. The SMILES string of the molecule is Cc1cc(NCCc2ccccc2)nc(N2CCC3(CC2)OCCO3)n1. The monoisotopic (exact) mass is 354 g/mol. The van der Waals surface area contributed by atoms with Gasteiger partial charge in [-0.3, -0.25) is 0 Å². The third-order valence-corrected chi connectivity index (χ3v) is 5.03. The zero-order valence-corrected chi connectivity index (χ0v) is 15.3. The molecule has 0 unspecified atom stereocenters. The molecule has 2 aromatic rings. The van der Waals surface area contributed by atoms with Crippen molar-refractivity contribution in [3.63, 3.8) is 0 Å². The predicted octanol–water partition coefficient (Wildman–Crippen LogP) is 2.78. The summed E-state index contributed by atoms with van der Waals surface area (Å²) >= 11 is 0. The van der Waals surface area contributed by atoms with Crippen LogP contribution in [0.1, 0.15) is 24.1 Å². The van der Waals surface area contributed by atoms with Crippen LogP contribution in [-0.2, 0) is 15.9 Å². The van der Waals surface area contributed by atoms with Gasteiger partial charge in [-0.25, -0.2) is 4.98 Å². The first-order valence-electron chi connectivity index (χ1n) is 9.39. The molecule has 2 saturated heterocycles. The Balaban J connectivity index is 1.37. The van der Waals surface area contributed by atoms with Gasteiger partial charge in [-0.05, 0) is 18.9 Å². The topological polar surface area (TPSA) is 59.5 Å². The summed E-state index contributed by atoms with van der Waals surface area (Å²) in [6, 6.07) is 12.5. The highest BCUT2D eigenvalue weighted by Gasteiger charge is 2.40. The first-order chi connectivity index (χ1) is 12.7. The molecular weight excluding hydrogens is 328 g/mol. The first-order valence-corrected chi connectivity index (χ1v) is 9.39. The van der Waals surface area contributed by atoms with E-state index in [0.29, 0.717) is 13.2 Å². The van der Waals surface area contributed by atoms with Crippen molar-refractivity contribution in [2.45, 2.75) is 32.0 Å². The van der Waals surface area contributed by atoms with E-state index in [2.05, 4.69) is 39.5 Å². The van der Waals surface area contributed by atoms with Gasteiger partial charge in [-0.15, -0.1) is 0 Å². The molecule has 3 heterocycles. The minimum atomic E-state index is -0.364. The van der Waals surface area contributed by atoms with Crippen LogP contribution in [0.25, 0.3) is 0 Å². The van der Waals surface area contributed by atoms with Crippen molar-refractivity contribution < 1.29 is 9.47 Å². The van der Waals surface area contributed by atoms with Gasteiger partial charge in [0.1, 0.15) is 5.82 Å². The first kappa shape index (κ1) is 17.2. The van der Waals surface area contributed by atoms with Crippen LogP contribution in [0.3, 0.4) is 0 Å². The number of ether oxygens (including phenoxy) is 2. The van der Waals surface area contributed by atoms with Crippen molar-refractivity contribution >= 4 is 11.8 Å². The van der Waals surface area contributed by atoms with Crippen molar-refractivity contribution in [1.29, 1.82) is 0 Å². The van der Waals surface area contributed by atoms with Gasteiger partial charge in [0.25, 0.3) is 0 Å². The Morgan fingerprint density at radius 3 is 2.54 bits per heavy atom. The third kappa shape index (κ3) is 3.97. The summed E-state index contributed by atoms with van der Waals surface area (Å²) in [5.41, 5.74) is 2.30. The maximum atomic E-state index is 5.81. The zero-order valence-electron chi connectivity index (χ0n) is 15.3. The van der Waals surface area contributed by atoms with E-state index >= 15 is 0 Å². The van der Waals surface area contributed by atoms with Gasteiger partial charge in [0.2, 0.25) is 5.95 Å². The van der Waals surface area contributed by atoms with E-state index in [1.807, 2.05) is 19.1 Å². The summed E-state index contributed by atoms with van der Waals surface area (Å²) in [5, 5.41) is 3.43. The number of rotatable bonds is 5. The summed E-state index contributed by atoms with van der Waals surface area (Å²) in [6.07, 6.45) is 2.70. The molecule has 0 atom stereocenters. The van der Waals surface area contributed by atoms with Crippen molar-refractivity contribution in [1.82, 2.24) is 9.97 Å². The van der Waals surface area contributed by atoms with Crippen LogP contribution in [-0.4, -0.2) is 48.6 Å². The lowest BCUT2D eigenvalue weighted by atomic mass is 10.0. The molecule has 4 rings (SSSR count). The minimum absolute atomic E-state index is 0.364. The fraction of sp³-hybridized carbons (Fsp3) is 0.500. The lowest BCUT2D eigenvalue weighted by molar-refractivity contribution is -0.169. The molecule has 1 aromatic heterocycles. The Labute approximate surface area is 154 Å². The number of anilines is 2. The van der Waals surface area contributed by atoms with Gasteiger partial charge < -0.3 is 19.7 Å². The number of aromatic nitrogens is 2. The second kappa shape index (κ2) is 7.60. The van der Waals surface area contributed by atoms with Gasteiger partial charge in [0.15, 0.2) is 5.79 Å². The van der Waals surface area contributed by atoms with E-state index in [0.717, 1.165) is 56.4 Å². The van der Waals surface area contributed by atoms with Crippen LogP contribution in [0.4, 0.5) is 11.8 Å². The molecule has 1 N–H and O–H groups in total. The van der Waals surface area contributed by atoms with Crippen LogP contribution < -0.4 is 10.2 Å². The maximum Gasteiger partial charge on any atom is 0.227 e. The molecule has 0 saturated carbocycles. The van der Waals surface area contributed by atoms with E-state index in [1.165, 1.54) is 5.56 Å². The average molecular weight is 354 g/mol. The Kier molecular flexibility index (Phi) is 5.04. The molecule has 0 amide bonds. The average Bonchev–Trinajstić information content (AvgIpc) is 3.11. The van der Waals surface area contributed by atoms with Crippen LogP contribution in [0.5, 0.6) is 0 Å². The fourth-order valence-corrected chi connectivity index (χ4v) is 3.60. The van der Waals surface area contributed by atoms with E-state index in [9.17, 15) is 0 Å². The molecule has 0 radical (unpaired) electrons. The summed E-state index contributed by atoms with van der Waals surface area (Å²) in [5.74, 6) is 1.31. The highest BCUT2D eigenvalue weighted by Crippen LogP contribution is 2.32. The number of hydrogen-bond acceptors (Lipinski definition) is 6. The van der Waals surface area contributed by atoms with Gasteiger partial charge in [0, 0.05) is 44.2 Å². The fourth-order valence-electron chi connectivity index (χ4n) is 3.60. The van der Waals surface area contributed by atoms with Gasteiger partial charge >= 0.3 is 0 Å². The molecule has 138 valence electrons. The minimum Gasteiger partial charge on any atom is -0.370 e. The van der Waals surface area contributed by atoms with E-state index in [-0.39, 0.29) is 5.79 Å². The van der Waals surface area contributed by atoms with E-state index in [4.69, 9.17) is 14.5 Å². The molecule has 6 heteroatoms. The third-order valence-electron chi connectivity index (χ3n) is 5.03. The lowest BCUT2D eigenvalue weighted by Gasteiger charge is -2.37. The van der Waals surface area contributed by atoms with E-state index in [1.54, 1.807) is 0 Å². The number of hydrogen-bond donors (Lipinski definition) is 1. The van der Waals surface area contributed by atoms with Crippen LogP contribution in [0.15, 0.2) is 36.4 Å². The van der Waals surface area contributed by atoms with Crippen LogP contribution in [0.2, 0.25) is 0 Å². The summed E-state index contributed by atoms with van der Waals surface area (Å²) in [6.45, 7) is 5.99. The van der Waals surface area contributed by atoms with Gasteiger partial charge in [-0.2, -0.15) is 4.98 Å². The Morgan fingerprint density at radius 2 is 1.81 bits per heavy atom. The molecule has 0 aliphatic carbocycles. The summed E-state index contributed by atoms with van der Waals surface area (Å²) in [7, 11) is 0. The Morgan fingerprint density at radius 1 is 1.08 bits per heavy atom. The largest absolute Gasteiger partial charge is 0.370 e. The molecule has 1 aromatic carbocycles. The molecule has 26 heavy (non-hydrogen) atoms. The number of nitrogens with one attached hydrogen (secondary N) is 1. The van der Waals surface area contributed by atoms with Crippen molar-refractivity contribution in [2.24, 2.45) is 0 Å². The number of nitrogens with zero attached hydrogens (tertiary/aromatic N) is 3. The highest BCUT2D eigenvalue weighted by atomic mass is 16.7. The van der Waals surface area contributed by atoms with Crippen molar-refractivity contribution in [3.8, 4) is 0 Å². The van der Waals surface area contributed by atoms with Crippen LogP contribution >= 0.6 is 0 Å². The summed E-state index contributed by atoms with van der Waals surface area (Å²) in [4.78, 5) is 11.6.